The molecular weight excluding hydrogens is 304 g/mol. The number of oxime groups is 1. The van der Waals surface area contributed by atoms with E-state index >= 15 is 0 Å². The van der Waals surface area contributed by atoms with Crippen LogP contribution >= 0.6 is 0 Å². The van der Waals surface area contributed by atoms with Crippen LogP contribution in [0.1, 0.15) is 64.5 Å². The molecule has 0 aromatic carbocycles. The van der Waals surface area contributed by atoms with Gasteiger partial charge in [0, 0.05) is 19.3 Å². The molecule has 0 saturated carbocycles. The third kappa shape index (κ3) is 5.08. The van der Waals surface area contributed by atoms with Gasteiger partial charge in [-0.25, -0.2) is 0 Å². The third-order valence-electron chi connectivity index (χ3n) is 4.27. The van der Waals surface area contributed by atoms with Gasteiger partial charge in [0.15, 0.2) is 0 Å². The third-order valence-corrected chi connectivity index (χ3v) is 4.27. The number of carbonyl (C=O) groups is 1. The summed E-state index contributed by atoms with van der Waals surface area (Å²) in [5.74, 6) is 0.0574. The summed E-state index contributed by atoms with van der Waals surface area (Å²) in [4.78, 5) is 20.4. The molecule has 0 N–H and O–H groups in total. The second kappa shape index (κ2) is 8.85. The van der Waals surface area contributed by atoms with Gasteiger partial charge in [-0.05, 0) is 52.0 Å². The fraction of sp³-hybridized carbons (Fsp3) is 0.722. The number of likely N-dealkylation sites (tertiary alicyclic amines) is 1. The summed E-state index contributed by atoms with van der Waals surface area (Å²) in [6.45, 7) is 9.38. The lowest BCUT2D eigenvalue weighted by Gasteiger charge is -2.34. The number of nitrogens with zero attached hydrogens (tertiary/aromatic N) is 4. The summed E-state index contributed by atoms with van der Waals surface area (Å²) in [6, 6.07) is 0.250. The first-order valence-corrected chi connectivity index (χ1v) is 8.97. The summed E-state index contributed by atoms with van der Waals surface area (Å²) >= 11 is 0. The minimum atomic E-state index is -0.474. The first-order valence-electron chi connectivity index (χ1n) is 8.97. The van der Waals surface area contributed by atoms with Gasteiger partial charge in [0.1, 0.15) is 0 Å². The van der Waals surface area contributed by atoms with Gasteiger partial charge in [-0.3, -0.25) is 9.48 Å². The molecule has 0 unspecified atom stereocenters. The lowest BCUT2D eigenvalue weighted by atomic mass is 10.0. The molecule has 24 heavy (non-hydrogen) atoms. The van der Waals surface area contributed by atoms with Gasteiger partial charge >= 0.3 is 0 Å². The van der Waals surface area contributed by atoms with Crippen molar-refractivity contribution in [3.05, 3.63) is 18.0 Å². The molecule has 0 radical (unpaired) electrons. The van der Waals surface area contributed by atoms with Gasteiger partial charge in [0.2, 0.25) is 6.10 Å². The number of carbonyl (C=O) groups excluding carboxylic acids is 1. The zero-order valence-electron chi connectivity index (χ0n) is 15.4. The maximum Gasteiger partial charge on any atom is 0.266 e. The van der Waals surface area contributed by atoms with Gasteiger partial charge in [-0.2, -0.15) is 5.10 Å². The van der Waals surface area contributed by atoms with E-state index in [0.29, 0.717) is 13.0 Å². The number of amides is 1. The van der Waals surface area contributed by atoms with E-state index in [0.717, 1.165) is 43.5 Å². The van der Waals surface area contributed by atoms with Crippen molar-refractivity contribution in [2.75, 3.05) is 13.1 Å². The average molecular weight is 334 g/mol. The number of aromatic nitrogens is 2. The van der Waals surface area contributed by atoms with Crippen LogP contribution in [0.2, 0.25) is 0 Å². The Morgan fingerprint density at radius 1 is 1.50 bits per heavy atom. The molecule has 1 amide bonds. The molecule has 6 heteroatoms. The standard InChI is InChI=1S/C18H30N4O2/c1-5-6-9-17(24-20-14(2)3)18(23)21-10-7-8-16(13-21)22-12-15(4)11-19-22/h11-12,16-17H,5-10,13H2,1-4H3/t16-,17+/m1/s1. The van der Waals surface area contributed by atoms with Crippen LogP contribution in [0, 0.1) is 6.92 Å². The first-order chi connectivity index (χ1) is 11.5. The summed E-state index contributed by atoms with van der Waals surface area (Å²) in [5.41, 5.74) is 1.98. The minimum absolute atomic E-state index is 0.0574. The lowest BCUT2D eigenvalue weighted by molar-refractivity contribution is -0.146. The second-order valence-corrected chi connectivity index (χ2v) is 6.85. The van der Waals surface area contributed by atoms with E-state index in [1.165, 1.54) is 0 Å². The highest BCUT2D eigenvalue weighted by atomic mass is 16.6. The maximum absolute atomic E-state index is 12.9. The Morgan fingerprint density at radius 3 is 2.92 bits per heavy atom. The molecule has 0 bridgehead atoms. The van der Waals surface area contributed by atoms with Crippen molar-refractivity contribution in [3.63, 3.8) is 0 Å². The molecule has 2 heterocycles. The van der Waals surface area contributed by atoms with Gasteiger partial charge in [-0.15, -0.1) is 0 Å². The lowest BCUT2D eigenvalue weighted by Crippen LogP contribution is -2.46. The van der Waals surface area contributed by atoms with Gasteiger partial charge in [0.25, 0.3) is 5.91 Å². The van der Waals surface area contributed by atoms with E-state index in [2.05, 4.69) is 23.4 Å². The van der Waals surface area contributed by atoms with Crippen molar-refractivity contribution in [3.8, 4) is 0 Å². The zero-order valence-corrected chi connectivity index (χ0v) is 15.4. The number of unbranched alkanes of at least 4 members (excludes halogenated alkanes) is 1. The monoisotopic (exact) mass is 334 g/mol. The highest BCUT2D eigenvalue weighted by molar-refractivity contribution is 5.81. The van der Waals surface area contributed by atoms with Crippen molar-refractivity contribution in [2.24, 2.45) is 5.16 Å². The Bertz CT molecular complexity index is 563. The summed E-state index contributed by atoms with van der Waals surface area (Å²) in [7, 11) is 0. The first kappa shape index (κ1) is 18.5. The van der Waals surface area contributed by atoms with Crippen LogP contribution in [0.15, 0.2) is 17.5 Å². The Hall–Kier alpha value is -1.85. The van der Waals surface area contributed by atoms with Crippen molar-refractivity contribution in [1.82, 2.24) is 14.7 Å². The highest BCUT2D eigenvalue weighted by Gasteiger charge is 2.31. The van der Waals surface area contributed by atoms with Crippen molar-refractivity contribution >= 4 is 11.6 Å². The second-order valence-electron chi connectivity index (χ2n) is 6.85. The van der Waals surface area contributed by atoms with Crippen LogP contribution in [0.25, 0.3) is 0 Å². The fourth-order valence-electron chi connectivity index (χ4n) is 2.99. The Labute approximate surface area is 144 Å². The maximum atomic E-state index is 12.9. The predicted octanol–water partition coefficient (Wildman–Crippen LogP) is 3.33. The largest absolute Gasteiger partial charge is 0.382 e. The fourth-order valence-corrected chi connectivity index (χ4v) is 2.99. The van der Waals surface area contributed by atoms with Crippen molar-refractivity contribution in [2.45, 2.75) is 71.9 Å². The van der Waals surface area contributed by atoms with Crippen LogP contribution in [0.3, 0.4) is 0 Å². The van der Waals surface area contributed by atoms with Crippen LogP contribution in [0.5, 0.6) is 0 Å². The summed E-state index contributed by atoms with van der Waals surface area (Å²) in [6.07, 6.45) is 8.21. The summed E-state index contributed by atoms with van der Waals surface area (Å²) < 4.78 is 1.99. The molecule has 2 rings (SSSR count). The molecule has 1 fully saturated rings. The Kier molecular flexibility index (Phi) is 6.82. The zero-order chi connectivity index (χ0) is 17.5. The molecule has 0 aliphatic carbocycles. The van der Waals surface area contributed by atoms with Gasteiger partial charge < -0.3 is 9.74 Å². The number of hydrogen-bond acceptors (Lipinski definition) is 4. The number of aryl methyl sites for hydroxylation is 1. The van der Waals surface area contributed by atoms with Crippen LogP contribution in [-0.4, -0.2) is 45.5 Å². The quantitative estimate of drug-likeness (QED) is 0.568. The van der Waals surface area contributed by atoms with E-state index in [-0.39, 0.29) is 11.9 Å². The van der Waals surface area contributed by atoms with Gasteiger partial charge in [-0.1, -0.05) is 18.5 Å². The van der Waals surface area contributed by atoms with E-state index in [4.69, 9.17) is 4.84 Å². The molecule has 6 nitrogen and oxygen atoms in total. The van der Waals surface area contributed by atoms with Crippen molar-refractivity contribution < 1.29 is 9.63 Å². The molecule has 1 saturated heterocycles. The number of piperidine rings is 1. The minimum Gasteiger partial charge on any atom is -0.382 e. The van der Waals surface area contributed by atoms with Crippen LogP contribution < -0.4 is 0 Å². The summed E-state index contributed by atoms with van der Waals surface area (Å²) in [5, 5.41) is 8.44. The van der Waals surface area contributed by atoms with Crippen LogP contribution in [0.4, 0.5) is 0 Å². The van der Waals surface area contributed by atoms with Crippen molar-refractivity contribution in [1.29, 1.82) is 0 Å². The van der Waals surface area contributed by atoms with E-state index in [1.807, 2.05) is 36.5 Å². The highest BCUT2D eigenvalue weighted by Crippen LogP contribution is 2.23. The molecule has 1 aliphatic rings. The topological polar surface area (TPSA) is 59.7 Å². The number of hydrogen-bond donors (Lipinski definition) is 0. The molecule has 1 aromatic rings. The Balaban J connectivity index is 2.02. The van der Waals surface area contributed by atoms with E-state index in [1.54, 1.807) is 0 Å². The predicted molar refractivity (Wildman–Crippen MR) is 95.0 cm³/mol. The SMILES string of the molecule is CCCC[C@H](ON=C(C)C)C(=O)N1CCC[C@@H](n2cc(C)cn2)C1. The molecule has 2 atom stereocenters. The van der Waals surface area contributed by atoms with Gasteiger partial charge in [0.05, 0.1) is 18.0 Å². The Morgan fingerprint density at radius 2 is 2.29 bits per heavy atom. The number of rotatable bonds is 7. The molecule has 1 aromatic heterocycles. The normalized spacial score (nSPS) is 19.0. The molecule has 134 valence electrons. The smallest absolute Gasteiger partial charge is 0.266 e. The van der Waals surface area contributed by atoms with E-state index in [9.17, 15) is 4.79 Å². The molecule has 1 aliphatic heterocycles. The van der Waals surface area contributed by atoms with Crippen LogP contribution in [-0.2, 0) is 9.63 Å². The van der Waals surface area contributed by atoms with E-state index < -0.39 is 6.10 Å². The molecule has 0 spiro atoms. The molecular formula is C18H30N4O2. The average Bonchev–Trinajstić information content (AvgIpc) is 3.01.